The monoisotopic (exact) mass is 303 g/mol. The molecule has 0 aromatic rings. The van der Waals surface area contributed by atoms with E-state index in [1.165, 1.54) is 6.42 Å². The Kier molecular flexibility index (Phi) is 10.2. The molecule has 1 atom stereocenters. The first-order valence-corrected chi connectivity index (χ1v) is 8.14. The number of hydrogen-bond donors (Lipinski definition) is 1. The summed E-state index contributed by atoms with van der Waals surface area (Å²) in [6.07, 6.45) is 3.42. The maximum Gasteiger partial charge on any atom is 0.0701 e. The van der Waals surface area contributed by atoms with E-state index in [1.807, 2.05) is 0 Å². The highest BCUT2D eigenvalue weighted by Gasteiger charge is 2.32. The maximum absolute atomic E-state index is 5.71. The second-order valence-corrected chi connectivity index (χ2v) is 6.16. The number of hydrogen-bond acceptors (Lipinski definition) is 5. The molecule has 0 aromatic heterocycles. The molecular weight excluding hydrogens is 270 g/mol. The third kappa shape index (κ3) is 8.73. The lowest BCUT2D eigenvalue weighted by Crippen LogP contribution is -2.43. The molecule has 0 radical (unpaired) electrons. The van der Waals surface area contributed by atoms with Crippen LogP contribution in [0, 0.1) is 5.41 Å². The van der Waals surface area contributed by atoms with E-state index in [-0.39, 0.29) is 5.41 Å². The minimum Gasteiger partial charge on any atom is -0.382 e. The van der Waals surface area contributed by atoms with E-state index < -0.39 is 0 Å². The molecule has 1 heterocycles. The number of methoxy groups -OCH3 is 1. The van der Waals surface area contributed by atoms with Crippen LogP contribution in [0.3, 0.4) is 0 Å². The summed E-state index contributed by atoms with van der Waals surface area (Å²) < 4.78 is 21.7. The molecule has 21 heavy (non-hydrogen) atoms. The summed E-state index contributed by atoms with van der Waals surface area (Å²) >= 11 is 0. The van der Waals surface area contributed by atoms with Gasteiger partial charge in [-0.2, -0.15) is 0 Å². The minimum atomic E-state index is 0.236. The van der Waals surface area contributed by atoms with Gasteiger partial charge in [0.25, 0.3) is 0 Å². The van der Waals surface area contributed by atoms with Crippen LogP contribution in [0.4, 0.5) is 0 Å². The minimum absolute atomic E-state index is 0.236. The van der Waals surface area contributed by atoms with Gasteiger partial charge >= 0.3 is 0 Å². The van der Waals surface area contributed by atoms with Gasteiger partial charge in [-0.25, -0.2) is 0 Å². The van der Waals surface area contributed by atoms with Crippen LogP contribution in [0.5, 0.6) is 0 Å². The summed E-state index contributed by atoms with van der Waals surface area (Å²) in [4.78, 5) is 0. The summed E-state index contributed by atoms with van der Waals surface area (Å²) in [5.41, 5.74) is 0.236. The molecule has 1 fully saturated rings. The highest BCUT2D eigenvalue weighted by atomic mass is 16.5. The van der Waals surface area contributed by atoms with Crippen molar-refractivity contribution in [1.29, 1.82) is 0 Å². The van der Waals surface area contributed by atoms with Crippen molar-refractivity contribution in [2.45, 2.75) is 39.2 Å². The Labute approximate surface area is 129 Å². The van der Waals surface area contributed by atoms with Crippen LogP contribution in [0.2, 0.25) is 0 Å². The lowest BCUT2D eigenvalue weighted by Gasteiger charge is -2.38. The van der Waals surface area contributed by atoms with Crippen LogP contribution in [0.15, 0.2) is 0 Å². The third-order valence-electron chi connectivity index (χ3n) is 3.87. The van der Waals surface area contributed by atoms with Crippen LogP contribution in [0.25, 0.3) is 0 Å². The maximum atomic E-state index is 5.71. The molecule has 1 saturated heterocycles. The predicted molar refractivity (Wildman–Crippen MR) is 83.8 cm³/mol. The van der Waals surface area contributed by atoms with Crippen LogP contribution < -0.4 is 5.32 Å². The molecule has 0 aromatic carbocycles. The Morgan fingerprint density at radius 3 is 2.43 bits per heavy atom. The van der Waals surface area contributed by atoms with Crippen LogP contribution in [-0.2, 0) is 18.9 Å². The standard InChI is InChI=1S/C16H33NO4/c1-15(2)17-13-16(5-4-7-21-14-16)6-8-19-11-12-20-10-9-18-3/h15,17H,4-14H2,1-3H3. The van der Waals surface area contributed by atoms with Gasteiger partial charge in [-0.05, 0) is 19.3 Å². The van der Waals surface area contributed by atoms with Gasteiger partial charge < -0.3 is 24.3 Å². The average molecular weight is 303 g/mol. The highest BCUT2D eigenvalue weighted by Crippen LogP contribution is 2.31. The summed E-state index contributed by atoms with van der Waals surface area (Å²) in [5.74, 6) is 0. The summed E-state index contributed by atoms with van der Waals surface area (Å²) in [7, 11) is 1.68. The number of nitrogens with one attached hydrogen (secondary N) is 1. The van der Waals surface area contributed by atoms with Crippen LogP contribution in [-0.4, -0.2) is 65.9 Å². The van der Waals surface area contributed by atoms with Gasteiger partial charge in [-0.3, -0.25) is 0 Å². The molecule has 0 saturated carbocycles. The van der Waals surface area contributed by atoms with Crippen molar-refractivity contribution < 1.29 is 18.9 Å². The fourth-order valence-electron chi connectivity index (χ4n) is 2.51. The van der Waals surface area contributed by atoms with Crippen molar-refractivity contribution in [3.63, 3.8) is 0 Å². The second-order valence-electron chi connectivity index (χ2n) is 6.16. The van der Waals surface area contributed by atoms with E-state index in [9.17, 15) is 0 Å². The van der Waals surface area contributed by atoms with Crippen molar-refractivity contribution in [3.8, 4) is 0 Å². The van der Waals surface area contributed by atoms with Gasteiger partial charge in [0.05, 0.1) is 33.0 Å². The van der Waals surface area contributed by atoms with E-state index in [0.717, 1.165) is 39.2 Å². The summed E-state index contributed by atoms with van der Waals surface area (Å²) in [6, 6.07) is 0.513. The molecule has 0 amide bonds. The quantitative estimate of drug-likeness (QED) is 0.558. The smallest absolute Gasteiger partial charge is 0.0701 e. The number of ether oxygens (including phenoxy) is 4. The van der Waals surface area contributed by atoms with E-state index in [2.05, 4.69) is 19.2 Å². The molecule has 5 heteroatoms. The van der Waals surface area contributed by atoms with Crippen LogP contribution >= 0.6 is 0 Å². The van der Waals surface area contributed by atoms with Gasteiger partial charge in [0.2, 0.25) is 0 Å². The Morgan fingerprint density at radius 2 is 1.81 bits per heavy atom. The predicted octanol–water partition coefficient (Wildman–Crippen LogP) is 1.85. The lowest BCUT2D eigenvalue weighted by atomic mass is 9.79. The molecule has 1 aliphatic rings. The largest absolute Gasteiger partial charge is 0.382 e. The van der Waals surface area contributed by atoms with Crippen molar-refractivity contribution in [3.05, 3.63) is 0 Å². The first-order chi connectivity index (χ1) is 10.2. The highest BCUT2D eigenvalue weighted by molar-refractivity contribution is 4.84. The molecule has 1 unspecified atom stereocenters. The van der Waals surface area contributed by atoms with Gasteiger partial charge in [-0.1, -0.05) is 13.8 Å². The molecule has 0 spiro atoms. The zero-order chi connectivity index (χ0) is 15.4. The SMILES string of the molecule is COCCOCCOCCC1(CNC(C)C)CCCOC1. The zero-order valence-electron chi connectivity index (χ0n) is 14.0. The Balaban J connectivity index is 2.14. The molecule has 5 nitrogen and oxygen atoms in total. The molecule has 1 rings (SSSR count). The van der Waals surface area contributed by atoms with Gasteiger partial charge in [0.15, 0.2) is 0 Å². The fourth-order valence-corrected chi connectivity index (χ4v) is 2.51. The Morgan fingerprint density at radius 1 is 1.10 bits per heavy atom. The van der Waals surface area contributed by atoms with E-state index in [0.29, 0.717) is 32.5 Å². The average Bonchev–Trinajstić information content (AvgIpc) is 2.49. The second kappa shape index (κ2) is 11.4. The zero-order valence-corrected chi connectivity index (χ0v) is 14.0. The molecule has 126 valence electrons. The number of rotatable bonds is 12. The Bertz CT molecular complexity index is 242. The van der Waals surface area contributed by atoms with E-state index in [4.69, 9.17) is 18.9 Å². The molecule has 1 N–H and O–H groups in total. The summed E-state index contributed by atoms with van der Waals surface area (Å²) in [6.45, 7) is 10.5. The first-order valence-electron chi connectivity index (χ1n) is 8.14. The van der Waals surface area contributed by atoms with Gasteiger partial charge in [0.1, 0.15) is 0 Å². The lowest BCUT2D eigenvalue weighted by molar-refractivity contribution is -0.0343. The first kappa shape index (κ1) is 18.8. The van der Waals surface area contributed by atoms with Gasteiger partial charge in [0, 0.05) is 38.3 Å². The van der Waals surface area contributed by atoms with Crippen LogP contribution in [0.1, 0.15) is 33.1 Å². The van der Waals surface area contributed by atoms with E-state index in [1.54, 1.807) is 7.11 Å². The van der Waals surface area contributed by atoms with Crippen molar-refractivity contribution in [2.24, 2.45) is 5.41 Å². The van der Waals surface area contributed by atoms with E-state index >= 15 is 0 Å². The molecular formula is C16H33NO4. The Hall–Kier alpha value is -0.200. The molecule has 0 bridgehead atoms. The van der Waals surface area contributed by atoms with Crippen molar-refractivity contribution >= 4 is 0 Å². The summed E-state index contributed by atoms with van der Waals surface area (Å²) in [5, 5.41) is 3.56. The normalized spacial score (nSPS) is 22.9. The van der Waals surface area contributed by atoms with Crippen molar-refractivity contribution in [1.82, 2.24) is 5.32 Å². The fraction of sp³-hybridized carbons (Fsp3) is 1.00. The topological polar surface area (TPSA) is 49.0 Å². The molecule has 1 aliphatic heterocycles. The third-order valence-corrected chi connectivity index (χ3v) is 3.87. The molecule has 0 aliphatic carbocycles. The van der Waals surface area contributed by atoms with Crippen molar-refractivity contribution in [2.75, 3.05) is 59.9 Å². The van der Waals surface area contributed by atoms with Gasteiger partial charge in [-0.15, -0.1) is 0 Å².